The summed E-state index contributed by atoms with van der Waals surface area (Å²) in [6, 6.07) is 5.82. The predicted octanol–water partition coefficient (Wildman–Crippen LogP) is 2.49. The minimum absolute atomic E-state index is 0.470. The van der Waals surface area contributed by atoms with Gasteiger partial charge < -0.3 is 0 Å². The van der Waals surface area contributed by atoms with Gasteiger partial charge >= 0.3 is 0 Å². The van der Waals surface area contributed by atoms with Gasteiger partial charge in [0.25, 0.3) is 0 Å². The van der Waals surface area contributed by atoms with Gasteiger partial charge in [-0.05, 0) is 18.6 Å². The molecule has 0 spiro atoms. The summed E-state index contributed by atoms with van der Waals surface area (Å²) in [6.45, 7) is 8.42. The largest absolute Gasteiger partial charge is 0.228 e. The third kappa shape index (κ3) is 3.57. The summed E-state index contributed by atoms with van der Waals surface area (Å²) >= 11 is 0. The van der Waals surface area contributed by atoms with E-state index in [4.69, 9.17) is 5.26 Å². The van der Waals surface area contributed by atoms with Gasteiger partial charge in [-0.25, -0.2) is 4.98 Å². The molecule has 1 heterocycles. The fourth-order valence-corrected chi connectivity index (χ4v) is 1.47. The maximum Gasteiger partial charge on any atom is 0.144 e. The first-order valence-electron chi connectivity index (χ1n) is 4.83. The van der Waals surface area contributed by atoms with Crippen molar-refractivity contribution >= 4 is 8.07 Å². The van der Waals surface area contributed by atoms with Crippen LogP contribution in [0.15, 0.2) is 12.1 Å². The van der Waals surface area contributed by atoms with E-state index in [2.05, 4.69) is 42.2 Å². The minimum atomic E-state index is -1.37. The normalized spacial score (nSPS) is 10.1. The van der Waals surface area contributed by atoms with E-state index in [-0.39, 0.29) is 0 Å². The first-order chi connectivity index (χ1) is 6.92. The molecule has 0 bridgehead atoms. The van der Waals surface area contributed by atoms with Crippen LogP contribution in [0.3, 0.4) is 0 Å². The van der Waals surface area contributed by atoms with Crippen LogP contribution in [0.1, 0.15) is 17.0 Å². The number of aromatic nitrogens is 1. The molecule has 0 amide bonds. The molecule has 0 saturated carbocycles. The van der Waals surface area contributed by atoms with Crippen LogP contribution in [0.5, 0.6) is 0 Å². The minimum Gasteiger partial charge on any atom is -0.228 e. The predicted molar refractivity (Wildman–Crippen MR) is 63.9 cm³/mol. The van der Waals surface area contributed by atoms with Crippen molar-refractivity contribution < 1.29 is 0 Å². The van der Waals surface area contributed by atoms with Crippen molar-refractivity contribution in [3.63, 3.8) is 0 Å². The van der Waals surface area contributed by atoms with Gasteiger partial charge in [-0.2, -0.15) is 5.26 Å². The SMILES string of the molecule is Cc1ccc(C#C[Si](C)(C)C)nc1C#N. The highest BCUT2D eigenvalue weighted by Crippen LogP contribution is 2.05. The molecule has 0 fully saturated rings. The maximum atomic E-state index is 8.82. The zero-order valence-corrected chi connectivity index (χ0v) is 10.5. The summed E-state index contributed by atoms with van der Waals surface area (Å²) in [5, 5.41) is 8.82. The Kier molecular flexibility index (Phi) is 3.29. The van der Waals surface area contributed by atoms with Crippen molar-refractivity contribution in [1.29, 1.82) is 5.26 Å². The molecule has 0 aliphatic heterocycles. The van der Waals surface area contributed by atoms with Gasteiger partial charge in [-0.15, -0.1) is 5.54 Å². The fraction of sp³-hybridized carbons (Fsp3) is 0.333. The van der Waals surface area contributed by atoms with Crippen LogP contribution < -0.4 is 0 Å². The molecular weight excluding hydrogens is 200 g/mol. The molecule has 1 aromatic heterocycles. The average Bonchev–Trinajstić information content (AvgIpc) is 2.15. The summed E-state index contributed by atoms with van der Waals surface area (Å²) in [6.07, 6.45) is 0. The van der Waals surface area contributed by atoms with E-state index in [1.54, 1.807) is 0 Å². The van der Waals surface area contributed by atoms with Crippen molar-refractivity contribution in [3.05, 3.63) is 29.1 Å². The number of nitriles is 1. The maximum absolute atomic E-state index is 8.82. The quantitative estimate of drug-likeness (QED) is 0.491. The first-order valence-corrected chi connectivity index (χ1v) is 8.33. The van der Waals surface area contributed by atoms with Gasteiger partial charge in [0.1, 0.15) is 25.5 Å². The van der Waals surface area contributed by atoms with Gasteiger partial charge in [0.2, 0.25) is 0 Å². The van der Waals surface area contributed by atoms with Crippen molar-refractivity contribution in [3.8, 4) is 17.5 Å². The number of rotatable bonds is 0. The highest BCUT2D eigenvalue weighted by atomic mass is 28.3. The molecule has 2 nitrogen and oxygen atoms in total. The monoisotopic (exact) mass is 214 g/mol. The lowest BCUT2D eigenvalue weighted by atomic mass is 10.2. The zero-order valence-electron chi connectivity index (χ0n) is 9.55. The molecule has 0 radical (unpaired) electrons. The van der Waals surface area contributed by atoms with Gasteiger partial charge in [0.05, 0.1) is 0 Å². The first kappa shape index (κ1) is 11.5. The van der Waals surface area contributed by atoms with Crippen LogP contribution in [-0.4, -0.2) is 13.1 Å². The summed E-state index contributed by atoms with van der Waals surface area (Å²) in [7, 11) is -1.37. The van der Waals surface area contributed by atoms with Gasteiger partial charge in [0, 0.05) is 0 Å². The Balaban J connectivity index is 3.08. The Labute approximate surface area is 92.0 Å². The fourth-order valence-electron chi connectivity index (χ4n) is 0.963. The third-order valence-electron chi connectivity index (χ3n) is 1.77. The second kappa shape index (κ2) is 4.29. The van der Waals surface area contributed by atoms with Gasteiger partial charge in [0.15, 0.2) is 0 Å². The molecule has 0 aliphatic rings. The molecule has 0 aliphatic carbocycles. The van der Waals surface area contributed by atoms with Crippen molar-refractivity contribution in [2.24, 2.45) is 0 Å². The molecule has 76 valence electrons. The van der Waals surface area contributed by atoms with Crippen LogP contribution in [0.25, 0.3) is 0 Å². The number of hydrogen-bond acceptors (Lipinski definition) is 2. The van der Waals surface area contributed by atoms with Gasteiger partial charge in [-0.3, -0.25) is 0 Å². The second-order valence-electron chi connectivity index (χ2n) is 4.47. The summed E-state index contributed by atoms with van der Waals surface area (Å²) in [4.78, 5) is 4.18. The lowest BCUT2D eigenvalue weighted by Gasteiger charge is -2.03. The summed E-state index contributed by atoms with van der Waals surface area (Å²) < 4.78 is 0. The molecule has 0 saturated heterocycles. The van der Waals surface area contributed by atoms with Crippen LogP contribution >= 0.6 is 0 Å². The molecule has 1 aromatic rings. The molecule has 0 N–H and O–H groups in total. The van der Waals surface area contributed by atoms with Crippen molar-refractivity contribution in [2.75, 3.05) is 0 Å². The Morgan fingerprint density at radius 2 is 1.93 bits per heavy atom. The van der Waals surface area contributed by atoms with E-state index in [0.717, 1.165) is 5.56 Å². The van der Waals surface area contributed by atoms with Crippen LogP contribution in [-0.2, 0) is 0 Å². The standard InChI is InChI=1S/C12H14N2Si/c1-10-5-6-11(14-12(10)9-13)7-8-15(2,3)4/h5-6H,1-4H3. The van der Waals surface area contributed by atoms with Gasteiger partial charge in [-0.1, -0.05) is 31.6 Å². The Bertz CT molecular complexity index is 467. The van der Waals surface area contributed by atoms with Crippen LogP contribution in [0, 0.1) is 29.7 Å². The Morgan fingerprint density at radius 1 is 1.27 bits per heavy atom. The number of nitrogens with zero attached hydrogens (tertiary/aromatic N) is 2. The van der Waals surface area contributed by atoms with E-state index >= 15 is 0 Å². The molecule has 0 aromatic carbocycles. The van der Waals surface area contributed by atoms with E-state index in [9.17, 15) is 0 Å². The Hall–Kier alpha value is -1.58. The number of pyridine rings is 1. The summed E-state index contributed by atoms with van der Waals surface area (Å²) in [5.74, 6) is 3.04. The molecule has 0 unspecified atom stereocenters. The molecular formula is C12H14N2Si. The third-order valence-corrected chi connectivity index (χ3v) is 2.64. The highest BCUT2D eigenvalue weighted by Gasteiger charge is 2.07. The molecule has 1 rings (SSSR count). The molecule has 0 atom stereocenters. The van der Waals surface area contributed by atoms with Crippen molar-refractivity contribution in [1.82, 2.24) is 4.98 Å². The summed E-state index contributed by atoms with van der Waals surface area (Å²) in [5.41, 5.74) is 5.29. The van der Waals surface area contributed by atoms with Crippen molar-refractivity contribution in [2.45, 2.75) is 26.6 Å². The number of aryl methyl sites for hydroxylation is 1. The molecule has 3 heteroatoms. The Morgan fingerprint density at radius 3 is 2.47 bits per heavy atom. The van der Waals surface area contributed by atoms with Crippen LogP contribution in [0.4, 0.5) is 0 Å². The van der Waals surface area contributed by atoms with E-state index in [1.807, 2.05) is 19.1 Å². The molecule has 15 heavy (non-hydrogen) atoms. The lowest BCUT2D eigenvalue weighted by Crippen LogP contribution is -2.16. The topological polar surface area (TPSA) is 36.7 Å². The average molecular weight is 214 g/mol. The zero-order chi connectivity index (χ0) is 11.5. The van der Waals surface area contributed by atoms with Crippen LogP contribution in [0.2, 0.25) is 19.6 Å². The van der Waals surface area contributed by atoms with E-state index in [0.29, 0.717) is 11.4 Å². The smallest absolute Gasteiger partial charge is 0.144 e. The van der Waals surface area contributed by atoms with E-state index in [1.165, 1.54) is 0 Å². The number of hydrogen-bond donors (Lipinski definition) is 0. The second-order valence-corrected chi connectivity index (χ2v) is 9.22. The van der Waals surface area contributed by atoms with E-state index < -0.39 is 8.07 Å². The lowest BCUT2D eigenvalue weighted by molar-refractivity contribution is 1.19. The highest BCUT2D eigenvalue weighted by molar-refractivity contribution is 6.83.